The number of ether oxygens (including phenoxy) is 1. The molecule has 10 heteroatoms. The Morgan fingerprint density at radius 2 is 1.85 bits per heavy atom. The maximum atomic E-state index is 13.3. The highest BCUT2D eigenvalue weighted by Crippen LogP contribution is 2.27. The van der Waals surface area contributed by atoms with E-state index in [2.05, 4.69) is 10.1 Å². The van der Waals surface area contributed by atoms with Crippen LogP contribution in [0.3, 0.4) is 0 Å². The first kappa shape index (κ1) is 25.2. The normalized spacial score (nSPS) is 17.5. The summed E-state index contributed by atoms with van der Waals surface area (Å²) < 4.78 is 22.4. The average Bonchev–Trinajstić information content (AvgIpc) is 3.61. The zero-order valence-corrected chi connectivity index (χ0v) is 21.5. The molecule has 2 aromatic heterocycles. The van der Waals surface area contributed by atoms with Crippen LogP contribution in [0.5, 0.6) is 5.75 Å². The molecule has 9 nitrogen and oxygen atoms in total. The number of aromatic nitrogens is 4. The zero-order chi connectivity index (χ0) is 27.0. The molecule has 1 amide bonds. The molecule has 0 unspecified atom stereocenters. The molecule has 1 aliphatic carbocycles. The van der Waals surface area contributed by atoms with Crippen LogP contribution in [0.4, 0.5) is 4.39 Å². The molecular formula is C29H30FN5O4. The second-order valence-electron chi connectivity index (χ2n) is 10.5. The summed E-state index contributed by atoms with van der Waals surface area (Å²) in [6, 6.07) is 13.0. The van der Waals surface area contributed by atoms with Gasteiger partial charge in [-0.2, -0.15) is 5.10 Å². The minimum Gasteiger partial charge on any atom is -0.490 e. The zero-order valence-electron chi connectivity index (χ0n) is 21.5. The number of aliphatic hydroxyl groups is 1. The molecule has 2 aliphatic rings. The van der Waals surface area contributed by atoms with E-state index in [0.717, 1.165) is 24.3 Å². The fourth-order valence-corrected chi connectivity index (χ4v) is 5.51. The van der Waals surface area contributed by atoms with Crippen molar-refractivity contribution in [2.24, 2.45) is 0 Å². The summed E-state index contributed by atoms with van der Waals surface area (Å²) in [5, 5.41) is 16.0. The summed E-state index contributed by atoms with van der Waals surface area (Å²) in [5.74, 6) is 0.160. The fraction of sp³-hybridized carbons (Fsp3) is 0.379. The van der Waals surface area contributed by atoms with Gasteiger partial charge in [0, 0.05) is 24.7 Å². The standard InChI is InChI=1S/C29H30FN5O4/c30-21-10-8-20(9-11-21)27(36)33-14-12-29(38,13-15-33)18-34-19-31-26-25(28(34)37)17-32-35(26)22-4-3-7-24(16-22)39-23-5-1-2-6-23/h3-4,7-11,16-17,19,23,38H,1-2,5-6,12-15,18H2. The summed E-state index contributed by atoms with van der Waals surface area (Å²) in [4.78, 5) is 32.2. The van der Waals surface area contributed by atoms with Gasteiger partial charge in [0.1, 0.15) is 23.3 Å². The number of fused-ring (bicyclic) bond motifs is 1. The van der Waals surface area contributed by atoms with Crippen LogP contribution in [0.1, 0.15) is 48.9 Å². The monoisotopic (exact) mass is 531 g/mol. The maximum Gasteiger partial charge on any atom is 0.264 e. The van der Waals surface area contributed by atoms with E-state index in [9.17, 15) is 19.1 Å². The molecule has 6 rings (SSSR count). The van der Waals surface area contributed by atoms with E-state index in [4.69, 9.17) is 4.74 Å². The molecule has 0 bridgehead atoms. The number of carbonyl (C=O) groups excluding carboxylic acids is 1. The van der Waals surface area contributed by atoms with Gasteiger partial charge in [-0.1, -0.05) is 6.07 Å². The maximum absolute atomic E-state index is 13.3. The van der Waals surface area contributed by atoms with Gasteiger partial charge in [-0.25, -0.2) is 14.1 Å². The number of likely N-dealkylation sites (tertiary alicyclic amines) is 1. The lowest BCUT2D eigenvalue weighted by Crippen LogP contribution is -2.49. The number of piperidine rings is 1. The summed E-state index contributed by atoms with van der Waals surface area (Å²) in [7, 11) is 0. The van der Waals surface area contributed by atoms with Crippen molar-refractivity contribution in [1.29, 1.82) is 0 Å². The van der Waals surface area contributed by atoms with E-state index in [1.165, 1.54) is 54.2 Å². The van der Waals surface area contributed by atoms with Crippen molar-refractivity contribution in [3.8, 4) is 11.4 Å². The lowest BCUT2D eigenvalue weighted by Gasteiger charge is -2.38. The molecular weight excluding hydrogens is 501 g/mol. The van der Waals surface area contributed by atoms with Crippen LogP contribution in [-0.4, -0.2) is 60.0 Å². The van der Waals surface area contributed by atoms with Gasteiger partial charge in [0.05, 0.1) is 30.1 Å². The minimum absolute atomic E-state index is 0.0588. The van der Waals surface area contributed by atoms with Crippen LogP contribution in [0.2, 0.25) is 0 Å². The van der Waals surface area contributed by atoms with Crippen LogP contribution in [-0.2, 0) is 6.54 Å². The highest BCUT2D eigenvalue weighted by atomic mass is 19.1. The Bertz CT molecular complexity index is 1550. The molecule has 39 heavy (non-hydrogen) atoms. The fourth-order valence-electron chi connectivity index (χ4n) is 5.51. The summed E-state index contributed by atoms with van der Waals surface area (Å²) in [5.41, 5.74) is 0.131. The summed E-state index contributed by atoms with van der Waals surface area (Å²) in [6.45, 7) is 0.714. The lowest BCUT2D eigenvalue weighted by molar-refractivity contribution is -0.0299. The molecule has 0 spiro atoms. The van der Waals surface area contributed by atoms with Crippen LogP contribution in [0, 0.1) is 5.82 Å². The molecule has 2 fully saturated rings. The van der Waals surface area contributed by atoms with E-state index >= 15 is 0 Å². The van der Waals surface area contributed by atoms with E-state index in [1.807, 2.05) is 24.3 Å². The number of rotatable bonds is 6. The Hall–Kier alpha value is -4.05. The van der Waals surface area contributed by atoms with E-state index in [1.54, 1.807) is 9.58 Å². The van der Waals surface area contributed by atoms with Crippen molar-refractivity contribution in [3.63, 3.8) is 0 Å². The smallest absolute Gasteiger partial charge is 0.264 e. The SMILES string of the molecule is O=C(c1ccc(F)cc1)N1CCC(O)(Cn2cnc3c(cnn3-c3cccc(OC4CCCC4)c3)c2=O)CC1. The van der Waals surface area contributed by atoms with Gasteiger partial charge in [-0.15, -0.1) is 0 Å². The van der Waals surface area contributed by atoms with E-state index in [-0.39, 0.29) is 24.1 Å². The third-order valence-corrected chi connectivity index (χ3v) is 7.76. The Kier molecular flexibility index (Phi) is 6.64. The molecule has 0 radical (unpaired) electrons. The number of hydrogen-bond acceptors (Lipinski definition) is 6. The van der Waals surface area contributed by atoms with Gasteiger partial charge in [0.25, 0.3) is 11.5 Å². The highest BCUT2D eigenvalue weighted by molar-refractivity contribution is 5.94. The third-order valence-electron chi connectivity index (χ3n) is 7.76. The minimum atomic E-state index is -1.17. The number of halogens is 1. The summed E-state index contributed by atoms with van der Waals surface area (Å²) >= 11 is 0. The Morgan fingerprint density at radius 3 is 2.59 bits per heavy atom. The first-order valence-corrected chi connectivity index (χ1v) is 13.4. The Morgan fingerprint density at radius 1 is 1.10 bits per heavy atom. The largest absolute Gasteiger partial charge is 0.490 e. The number of nitrogens with zero attached hydrogens (tertiary/aromatic N) is 5. The van der Waals surface area contributed by atoms with Crippen LogP contribution in [0.25, 0.3) is 16.7 Å². The summed E-state index contributed by atoms with van der Waals surface area (Å²) in [6.07, 6.45) is 8.27. The predicted molar refractivity (Wildman–Crippen MR) is 142 cm³/mol. The quantitative estimate of drug-likeness (QED) is 0.407. The molecule has 0 atom stereocenters. The average molecular weight is 532 g/mol. The number of amides is 1. The number of hydrogen-bond donors (Lipinski definition) is 1. The first-order chi connectivity index (χ1) is 18.9. The second-order valence-corrected chi connectivity index (χ2v) is 10.5. The number of carbonyl (C=O) groups is 1. The van der Waals surface area contributed by atoms with Gasteiger partial charge >= 0.3 is 0 Å². The van der Waals surface area contributed by atoms with E-state index < -0.39 is 11.4 Å². The van der Waals surface area contributed by atoms with Crippen LogP contribution < -0.4 is 10.3 Å². The van der Waals surface area contributed by atoms with Crippen molar-refractivity contribution in [1.82, 2.24) is 24.2 Å². The number of benzene rings is 2. The Labute approximate surface area is 224 Å². The van der Waals surface area contributed by atoms with Gasteiger partial charge in [0.15, 0.2) is 5.65 Å². The second kappa shape index (κ2) is 10.3. The molecule has 1 aliphatic heterocycles. The molecule has 2 aromatic carbocycles. The molecule has 1 saturated carbocycles. The van der Waals surface area contributed by atoms with Gasteiger partial charge in [0.2, 0.25) is 0 Å². The third kappa shape index (κ3) is 5.16. The van der Waals surface area contributed by atoms with Gasteiger partial charge in [-0.05, 0) is 74.9 Å². The molecule has 3 heterocycles. The highest BCUT2D eigenvalue weighted by Gasteiger charge is 2.35. The van der Waals surface area contributed by atoms with E-state index in [0.29, 0.717) is 42.5 Å². The predicted octanol–water partition coefficient (Wildman–Crippen LogP) is 3.71. The van der Waals surface area contributed by atoms with Gasteiger partial charge < -0.3 is 14.7 Å². The van der Waals surface area contributed by atoms with Gasteiger partial charge in [-0.3, -0.25) is 14.2 Å². The van der Waals surface area contributed by atoms with Crippen LogP contribution >= 0.6 is 0 Å². The van der Waals surface area contributed by atoms with Crippen molar-refractivity contribution >= 4 is 16.9 Å². The van der Waals surface area contributed by atoms with Crippen molar-refractivity contribution in [2.75, 3.05) is 13.1 Å². The molecule has 1 saturated heterocycles. The molecule has 202 valence electrons. The van der Waals surface area contributed by atoms with Crippen molar-refractivity contribution in [3.05, 3.63) is 82.8 Å². The van der Waals surface area contributed by atoms with Crippen LogP contribution in [0.15, 0.2) is 65.8 Å². The molecule has 1 N–H and O–H groups in total. The first-order valence-electron chi connectivity index (χ1n) is 13.4. The van der Waals surface area contributed by atoms with Crippen molar-refractivity contribution < 1.29 is 19.0 Å². The lowest BCUT2D eigenvalue weighted by atomic mass is 9.91. The Balaban J connectivity index is 1.16. The topological polar surface area (TPSA) is 102 Å². The molecule has 4 aromatic rings. The van der Waals surface area contributed by atoms with Crippen molar-refractivity contribution in [2.45, 2.75) is 56.8 Å².